The number of hydrogen-bond donors (Lipinski definition) is 0. The smallest absolute Gasteiger partial charge is 0.0675 e. The summed E-state index contributed by atoms with van der Waals surface area (Å²) in [5.41, 5.74) is 0. The van der Waals surface area contributed by atoms with Crippen molar-refractivity contribution in [2.45, 2.75) is 18.9 Å². The Hall–Kier alpha value is -0.550. The van der Waals surface area contributed by atoms with E-state index in [1.807, 2.05) is 0 Å². The lowest BCUT2D eigenvalue weighted by Crippen LogP contribution is -2.27. The number of piperidine rings is 1. The molecule has 3 heterocycles. The second-order valence-corrected chi connectivity index (χ2v) is 4.27. The van der Waals surface area contributed by atoms with E-state index < -0.39 is 0 Å². The van der Waals surface area contributed by atoms with Crippen LogP contribution in [-0.4, -0.2) is 24.0 Å². The lowest BCUT2D eigenvalue weighted by Gasteiger charge is -2.26. The number of hydrogen-bond acceptors (Lipinski definition) is 2. The fourth-order valence-electron chi connectivity index (χ4n) is 3.36. The zero-order chi connectivity index (χ0) is 7.42. The van der Waals surface area contributed by atoms with Crippen LogP contribution in [-0.2, 0) is 0 Å². The van der Waals surface area contributed by atoms with Crippen LogP contribution in [0.25, 0.3) is 0 Å². The van der Waals surface area contributed by atoms with Gasteiger partial charge < -0.3 is 0 Å². The average Bonchev–Trinajstić information content (AvgIpc) is 2.40. The Bertz CT molecular complexity index is 226. The van der Waals surface area contributed by atoms with Gasteiger partial charge in [-0.3, -0.25) is 4.90 Å². The highest BCUT2D eigenvalue weighted by Crippen LogP contribution is 2.48. The van der Waals surface area contributed by atoms with Gasteiger partial charge in [-0.2, -0.15) is 5.26 Å². The van der Waals surface area contributed by atoms with Gasteiger partial charge in [-0.25, -0.2) is 0 Å². The second-order valence-electron chi connectivity index (χ2n) is 4.27. The SMILES string of the molecule is N#C[C@@H]1[C@H]2C[C@H]3C[C@H]1N(C3)C2. The van der Waals surface area contributed by atoms with Crippen molar-refractivity contribution >= 4 is 0 Å². The molecule has 4 bridgehead atoms. The van der Waals surface area contributed by atoms with Crippen LogP contribution in [0.1, 0.15) is 12.8 Å². The van der Waals surface area contributed by atoms with Gasteiger partial charge in [-0.1, -0.05) is 0 Å². The maximum absolute atomic E-state index is 8.93. The van der Waals surface area contributed by atoms with Gasteiger partial charge in [0, 0.05) is 19.1 Å². The number of rotatable bonds is 0. The molecular weight excluding hydrogens is 136 g/mol. The van der Waals surface area contributed by atoms with Gasteiger partial charge in [-0.15, -0.1) is 0 Å². The van der Waals surface area contributed by atoms with Gasteiger partial charge >= 0.3 is 0 Å². The van der Waals surface area contributed by atoms with Crippen LogP contribution in [0, 0.1) is 29.1 Å². The lowest BCUT2D eigenvalue weighted by molar-refractivity contribution is 0.252. The molecule has 4 aliphatic rings. The predicted octanol–water partition coefficient (Wildman–Crippen LogP) is 0.850. The van der Waals surface area contributed by atoms with Gasteiger partial charge in [0.2, 0.25) is 0 Å². The molecule has 1 saturated carbocycles. The molecule has 0 aromatic rings. The van der Waals surface area contributed by atoms with Crippen molar-refractivity contribution in [3.05, 3.63) is 0 Å². The predicted molar refractivity (Wildman–Crippen MR) is 40.7 cm³/mol. The van der Waals surface area contributed by atoms with Crippen molar-refractivity contribution in [1.29, 1.82) is 5.26 Å². The van der Waals surface area contributed by atoms with Crippen molar-refractivity contribution in [3.8, 4) is 6.07 Å². The summed E-state index contributed by atoms with van der Waals surface area (Å²) in [6, 6.07) is 3.14. The van der Waals surface area contributed by atoms with E-state index in [2.05, 4.69) is 11.0 Å². The first-order valence-corrected chi connectivity index (χ1v) is 4.52. The topological polar surface area (TPSA) is 27.0 Å². The Kier molecular flexibility index (Phi) is 0.976. The second kappa shape index (κ2) is 1.78. The van der Waals surface area contributed by atoms with Gasteiger partial charge in [0.15, 0.2) is 0 Å². The molecule has 58 valence electrons. The molecule has 0 radical (unpaired) electrons. The van der Waals surface area contributed by atoms with Crippen LogP contribution in [0.2, 0.25) is 0 Å². The molecule has 11 heavy (non-hydrogen) atoms. The van der Waals surface area contributed by atoms with E-state index in [1.165, 1.54) is 25.9 Å². The van der Waals surface area contributed by atoms with Crippen molar-refractivity contribution in [1.82, 2.24) is 4.90 Å². The van der Waals surface area contributed by atoms with E-state index in [0.717, 1.165) is 11.8 Å². The summed E-state index contributed by atoms with van der Waals surface area (Å²) in [4.78, 5) is 2.53. The molecule has 1 unspecified atom stereocenters. The van der Waals surface area contributed by atoms with E-state index in [-0.39, 0.29) is 0 Å². The Labute approximate surface area is 66.8 Å². The Morgan fingerprint density at radius 1 is 1.27 bits per heavy atom. The minimum Gasteiger partial charge on any atom is -0.298 e. The van der Waals surface area contributed by atoms with E-state index in [0.29, 0.717) is 12.0 Å². The van der Waals surface area contributed by atoms with E-state index in [1.54, 1.807) is 0 Å². The minimum atomic E-state index is 0.383. The van der Waals surface area contributed by atoms with Gasteiger partial charge in [0.05, 0.1) is 12.0 Å². The summed E-state index contributed by atoms with van der Waals surface area (Å²) >= 11 is 0. The highest BCUT2D eigenvalue weighted by molar-refractivity contribution is 5.11. The highest BCUT2D eigenvalue weighted by atomic mass is 15.2. The largest absolute Gasteiger partial charge is 0.298 e. The molecule has 4 rings (SSSR count). The summed E-state index contributed by atoms with van der Waals surface area (Å²) in [5, 5.41) is 8.93. The van der Waals surface area contributed by atoms with Crippen molar-refractivity contribution in [3.63, 3.8) is 0 Å². The van der Waals surface area contributed by atoms with E-state index in [4.69, 9.17) is 5.26 Å². The van der Waals surface area contributed by atoms with Gasteiger partial charge in [-0.05, 0) is 24.7 Å². The fraction of sp³-hybridized carbons (Fsp3) is 0.889. The van der Waals surface area contributed by atoms with Crippen molar-refractivity contribution < 1.29 is 0 Å². The van der Waals surface area contributed by atoms with Gasteiger partial charge in [0.1, 0.15) is 0 Å². The van der Waals surface area contributed by atoms with Crippen LogP contribution >= 0.6 is 0 Å². The zero-order valence-corrected chi connectivity index (χ0v) is 6.53. The van der Waals surface area contributed by atoms with Crippen LogP contribution in [0.3, 0.4) is 0 Å². The summed E-state index contributed by atoms with van der Waals surface area (Å²) in [6.07, 6.45) is 2.65. The molecule has 5 atom stereocenters. The average molecular weight is 148 g/mol. The van der Waals surface area contributed by atoms with Crippen LogP contribution in [0.15, 0.2) is 0 Å². The molecule has 4 fully saturated rings. The minimum absolute atomic E-state index is 0.383. The molecule has 0 amide bonds. The standard InChI is InChI=1S/C9H12N2/c10-3-8-7-1-6-2-9(8)11(4-6)5-7/h6-9H,1-2,4-5H2/t6-,7-,8+,9+/m0/s1. The normalized spacial score (nSPS) is 58.3. The molecule has 0 aromatic carbocycles. The highest BCUT2D eigenvalue weighted by Gasteiger charge is 2.52. The van der Waals surface area contributed by atoms with E-state index in [9.17, 15) is 0 Å². The van der Waals surface area contributed by atoms with Crippen molar-refractivity contribution in [2.24, 2.45) is 17.8 Å². The fourth-order valence-corrected chi connectivity index (χ4v) is 3.36. The monoisotopic (exact) mass is 148 g/mol. The summed E-state index contributed by atoms with van der Waals surface area (Å²) in [7, 11) is 0. The third kappa shape index (κ3) is 0.605. The Balaban J connectivity index is 1.98. The first kappa shape index (κ1) is 6.02. The maximum Gasteiger partial charge on any atom is 0.0675 e. The molecule has 1 aliphatic carbocycles. The third-order valence-electron chi connectivity index (χ3n) is 3.71. The molecular formula is C9H12N2. The first-order valence-electron chi connectivity index (χ1n) is 4.52. The molecule has 3 aliphatic heterocycles. The Morgan fingerprint density at radius 3 is 2.91 bits per heavy atom. The Morgan fingerprint density at radius 2 is 2.18 bits per heavy atom. The molecule has 2 heteroatoms. The quantitative estimate of drug-likeness (QED) is 0.509. The molecule has 0 spiro atoms. The zero-order valence-electron chi connectivity index (χ0n) is 6.53. The molecule has 0 aromatic heterocycles. The summed E-state index contributed by atoms with van der Waals surface area (Å²) in [6.45, 7) is 2.51. The van der Waals surface area contributed by atoms with Gasteiger partial charge in [0.25, 0.3) is 0 Å². The first-order chi connectivity index (χ1) is 5.38. The van der Waals surface area contributed by atoms with Crippen LogP contribution < -0.4 is 0 Å². The number of nitrogens with zero attached hydrogens (tertiary/aromatic N) is 2. The van der Waals surface area contributed by atoms with Crippen LogP contribution in [0.5, 0.6) is 0 Å². The van der Waals surface area contributed by atoms with Crippen molar-refractivity contribution in [2.75, 3.05) is 13.1 Å². The molecule has 3 saturated heterocycles. The number of nitriles is 1. The summed E-state index contributed by atoms with van der Waals surface area (Å²) < 4.78 is 0. The third-order valence-corrected chi connectivity index (χ3v) is 3.71. The molecule has 2 nitrogen and oxygen atoms in total. The van der Waals surface area contributed by atoms with Crippen LogP contribution in [0.4, 0.5) is 0 Å². The summed E-state index contributed by atoms with van der Waals surface area (Å²) in [5.74, 6) is 2.06. The van der Waals surface area contributed by atoms with E-state index >= 15 is 0 Å². The maximum atomic E-state index is 8.93. The molecule has 0 N–H and O–H groups in total. The lowest BCUT2D eigenvalue weighted by atomic mass is 9.76.